The molecule has 0 bridgehead atoms. The topological polar surface area (TPSA) is 58.7 Å². The minimum atomic E-state index is 0.193. The second kappa shape index (κ2) is 7.50. The lowest BCUT2D eigenvalue weighted by Gasteiger charge is -2.31. The Hall–Kier alpha value is -1.26. The molecule has 1 fully saturated rings. The van der Waals surface area contributed by atoms with Crippen molar-refractivity contribution < 1.29 is 9.84 Å². The summed E-state index contributed by atoms with van der Waals surface area (Å²) in [5.41, 5.74) is 6.99. The lowest BCUT2D eigenvalue weighted by molar-refractivity contribution is 0.196. The Kier molecular flexibility index (Phi) is 5.68. The number of aromatic hydroxyl groups is 1. The molecule has 1 heterocycles. The second-order valence-electron chi connectivity index (χ2n) is 5.47. The zero-order chi connectivity index (χ0) is 14.4. The molecule has 1 aromatic rings. The van der Waals surface area contributed by atoms with E-state index >= 15 is 0 Å². The normalized spacial score (nSPS) is 18.5. The van der Waals surface area contributed by atoms with Crippen LogP contribution in [0.25, 0.3) is 0 Å². The Bertz CT molecular complexity index is 415. The fraction of sp³-hybridized carbons (Fsp3) is 0.625. The Morgan fingerprint density at radius 1 is 1.25 bits per heavy atom. The summed E-state index contributed by atoms with van der Waals surface area (Å²) in [6, 6.07) is 5.98. The standard InChI is InChI=1S/C16H26N2O2/c1-20-16-12-13(6-7-15(16)19)14(8-9-17)18-10-4-2-3-5-11-18/h6-7,12,14,19H,2-5,8-11,17H2,1H3. The monoisotopic (exact) mass is 278 g/mol. The smallest absolute Gasteiger partial charge is 0.160 e. The van der Waals surface area contributed by atoms with Gasteiger partial charge in [-0.3, -0.25) is 4.90 Å². The molecule has 0 aromatic heterocycles. The first kappa shape index (κ1) is 15.1. The predicted octanol–water partition coefficient (Wildman–Crippen LogP) is 2.67. The third kappa shape index (κ3) is 3.64. The molecule has 1 atom stereocenters. The van der Waals surface area contributed by atoms with E-state index in [2.05, 4.69) is 4.90 Å². The van der Waals surface area contributed by atoms with Crippen LogP contribution in [0.5, 0.6) is 11.5 Å². The summed E-state index contributed by atoms with van der Waals surface area (Å²) in [5, 5.41) is 9.74. The first-order chi connectivity index (χ1) is 9.76. The number of ether oxygens (including phenoxy) is 1. The highest BCUT2D eigenvalue weighted by Crippen LogP contribution is 2.33. The average molecular weight is 278 g/mol. The summed E-state index contributed by atoms with van der Waals surface area (Å²) in [4.78, 5) is 2.53. The lowest BCUT2D eigenvalue weighted by atomic mass is 10.0. The lowest BCUT2D eigenvalue weighted by Crippen LogP contribution is -2.31. The summed E-state index contributed by atoms with van der Waals surface area (Å²) in [7, 11) is 1.59. The molecule has 1 unspecified atom stereocenters. The zero-order valence-corrected chi connectivity index (χ0v) is 12.3. The van der Waals surface area contributed by atoms with Crippen LogP contribution in [0.1, 0.15) is 43.7 Å². The molecule has 0 saturated carbocycles. The van der Waals surface area contributed by atoms with Crippen molar-refractivity contribution in [1.82, 2.24) is 4.90 Å². The number of rotatable bonds is 5. The molecular formula is C16H26N2O2. The van der Waals surface area contributed by atoms with Crippen LogP contribution < -0.4 is 10.5 Å². The minimum Gasteiger partial charge on any atom is -0.504 e. The largest absolute Gasteiger partial charge is 0.504 e. The highest BCUT2D eigenvalue weighted by Gasteiger charge is 2.21. The van der Waals surface area contributed by atoms with Gasteiger partial charge in [-0.15, -0.1) is 0 Å². The maximum absolute atomic E-state index is 9.74. The molecule has 20 heavy (non-hydrogen) atoms. The summed E-state index contributed by atoms with van der Waals surface area (Å²) in [6.07, 6.45) is 6.11. The quantitative estimate of drug-likeness (QED) is 0.869. The maximum Gasteiger partial charge on any atom is 0.160 e. The van der Waals surface area contributed by atoms with Crippen LogP contribution in [0.4, 0.5) is 0 Å². The van der Waals surface area contributed by atoms with Crippen molar-refractivity contribution in [2.45, 2.75) is 38.1 Å². The van der Waals surface area contributed by atoms with E-state index in [4.69, 9.17) is 10.5 Å². The number of phenolic OH excluding ortho intramolecular Hbond substituents is 1. The van der Waals surface area contributed by atoms with Gasteiger partial charge in [-0.1, -0.05) is 18.9 Å². The first-order valence-electron chi connectivity index (χ1n) is 7.57. The van der Waals surface area contributed by atoms with Gasteiger partial charge in [-0.05, 0) is 56.6 Å². The van der Waals surface area contributed by atoms with E-state index in [1.807, 2.05) is 12.1 Å². The number of methoxy groups -OCH3 is 1. The number of benzene rings is 1. The molecule has 2 rings (SSSR count). The SMILES string of the molecule is COc1cc(C(CCN)N2CCCCCC2)ccc1O. The van der Waals surface area contributed by atoms with E-state index in [1.54, 1.807) is 13.2 Å². The molecule has 0 amide bonds. The second-order valence-corrected chi connectivity index (χ2v) is 5.47. The van der Waals surface area contributed by atoms with Gasteiger partial charge in [0.1, 0.15) is 0 Å². The van der Waals surface area contributed by atoms with Crippen LogP contribution in [0, 0.1) is 0 Å². The van der Waals surface area contributed by atoms with Crippen LogP contribution in [0.15, 0.2) is 18.2 Å². The Morgan fingerprint density at radius 3 is 2.55 bits per heavy atom. The van der Waals surface area contributed by atoms with Crippen LogP contribution in [-0.4, -0.2) is 36.8 Å². The van der Waals surface area contributed by atoms with Crippen molar-refractivity contribution in [1.29, 1.82) is 0 Å². The predicted molar refractivity (Wildman–Crippen MR) is 81.1 cm³/mol. The van der Waals surface area contributed by atoms with Crippen molar-refractivity contribution >= 4 is 0 Å². The molecule has 0 spiro atoms. The van der Waals surface area contributed by atoms with Gasteiger partial charge in [0.05, 0.1) is 7.11 Å². The molecule has 4 heteroatoms. The van der Waals surface area contributed by atoms with Crippen molar-refractivity contribution in [3.05, 3.63) is 23.8 Å². The number of nitrogens with zero attached hydrogens (tertiary/aromatic N) is 1. The number of nitrogens with two attached hydrogens (primary N) is 1. The fourth-order valence-electron chi connectivity index (χ4n) is 3.03. The Morgan fingerprint density at radius 2 is 1.95 bits per heavy atom. The molecule has 1 saturated heterocycles. The van der Waals surface area contributed by atoms with Gasteiger partial charge in [-0.2, -0.15) is 0 Å². The van der Waals surface area contributed by atoms with Crippen LogP contribution in [0.3, 0.4) is 0 Å². The summed E-state index contributed by atoms with van der Waals surface area (Å²) < 4.78 is 5.23. The highest BCUT2D eigenvalue weighted by molar-refractivity contribution is 5.42. The van der Waals surface area contributed by atoms with E-state index in [-0.39, 0.29) is 5.75 Å². The van der Waals surface area contributed by atoms with Crippen LogP contribution in [0.2, 0.25) is 0 Å². The van der Waals surface area contributed by atoms with E-state index in [9.17, 15) is 5.11 Å². The van der Waals surface area contributed by atoms with E-state index in [1.165, 1.54) is 31.2 Å². The molecule has 0 radical (unpaired) electrons. The third-order valence-corrected chi connectivity index (χ3v) is 4.11. The van der Waals surface area contributed by atoms with Gasteiger partial charge in [0.25, 0.3) is 0 Å². The van der Waals surface area contributed by atoms with Crippen molar-refractivity contribution in [2.75, 3.05) is 26.7 Å². The number of hydrogen-bond donors (Lipinski definition) is 2. The van der Waals surface area contributed by atoms with Gasteiger partial charge in [0.15, 0.2) is 11.5 Å². The summed E-state index contributed by atoms with van der Waals surface area (Å²) >= 11 is 0. The molecule has 112 valence electrons. The van der Waals surface area contributed by atoms with Gasteiger partial charge < -0.3 is 15.6 Å². The van der Waals surface area contributed by atoms with E-state index < -0.39 is 0 Å². The van der Waals surface area contributed by atoms with Gasteiger partial charge in [0, 0.05) is 6.04 Å². The Balaban J connectivity index is 2.22. The molecule has 1 aliphatic rings. The molecule has 4 nitrogen and oxygen atoms in total. The first-order valence-corrected chi connectivity index (χ1v) is 7.57. The molecule has 3 N–H and O–H groups in total. The molecule has 0 aliphatic carbocycles. The summed E-state index contributed by atoms with van der Waals surface area (Å²) in [6.45, 7) is 2.94. The van der Waals surface area contributed by atoms with Crippen molar-refractivity contribution in [3.8, 4) is 11.5 Å². The summed E-state index contributed by atoms with van der Waals surface area (Å²) in [5.74, 6) is 0.734. The number of phenols is 1. The average Bonchev–Trinajstić information content (AvgIpc) is 2.74. The molecular weight excluding hydrogens is 252 g/mol. The van der Waals surface area contributed by atoms with Gasteiger partial charge in [-0.25, -0.2) is 0 Å². The number of hydrogen-bond acceptors (Lipinski definition) is 4. The number of likely N-dealkylation sites (tertiary alicyclic amines) is 1. The van der Waals surface area contributed by atoms with E-state index in [0.29, 0.717) is 18.3 Å². The molecule has 1 aromatic carbocycles. The minimum absolute atomic E-state index is 0.193. The maximum atomic E-state index is 9.74. The van der Waals surface area contributed by atoms with Gasteiger partial charge >= 0.3 is 0 Å². The molecule has 1 aliphatic heterocycles. The van der Waals surface area contributed by atoms with Crippen molar-refractivity contribution in [3.63, 3.8) is 0 Å². The van der Waals surface area contributed by atoms with Crippen LogP contribution >= 0.6 is 0 Å². The van der Waals surface area contributed by atoms with E-state index in [0.717, 1.165) is 19.5 Å². The van der Waals surface area contributed by atoms with Crippen LogP contribution in [-0.2, 0) is 0 Å². The Labute approximate surface area is 121 Å². The zero-order valence-electron chi connectivity index (χ0n) is 12.3. The fourth-order valence-corrected chi connectivity index (χ4v) is 3.03. The third-order valence-electron chi connectivity index (χ3n) is 4.11. The highest BCUT2D eigenvalue weighted by atomic mass is 16.5. The van der Waals surface area contributed by atoms with Gasteiger partial charge in [0.2, 0.25) is 0 Å². The van der Waals surface area contributed by atoms with Crippen molar-refractivity contribution in [2.24, 2.45) is 5.73 Å².